The van der Waals surface area contributed by atoms with Crippen LogP contribution >= 0.6 is 0 Å². The molecule has 8 heteroatoms. The first kappa shape index (κ1) is 15.8. The van der Waals surface area contributed by atoms with Gasteiger partial charge in [0.25, 0.3) is 0 Å². The van der Waals surface area contributed by atoms with Gasteiger partial charge in [0.15, 0.2) is 4.90 Å². The molecule has 2 aliphatic rings. The van der Waals surface area contributed by atoms with Crippen molar-refractivity contribution in [3.8, 4) is 0 Å². The number of hydrogen-bond acceptors (Lipinski definition) is 4. The zero-order valence-corrected chi connectivity index (χ0v) is 13.0. The highest BCUT2D eigenvalue weighted by molar-refractivity contribution is 7.89. The Morgan fingerprint density at radius 2 is 1.91 bits per heavy atom. The summed E-state index contributed by atoms with van der Waals surface area (Å²) in [6.07, 6.45) is 0.486. The van der Waals surface area contributed by atoms with Gasteiger partial charge in [0.2, 0.25) is 10.0 Å². The Morgan fingerprint density at radius 3 is 2.59 bits per heavy atom. The number of benzene rings is 1. The van der Waals surface area contributed by atoms with Crippen LogP contribution in [0.15, 0.2) is 23.1 Å². The molecule has 2 atom stereocenters. The molecule has 0 N–H and O–H groups in total. The molecule has 5 nitrogen and oxygen atoms in total. The lowest BCUT2D eigenvalue weighted by molar-refractivity contribution is -0.0840. The normalized spacial score (nSPS) is 27.6. The first-order valence-electron chi connectivity index (χ1n) is 7.17. The minimum absolute atomic E-state index is 0.0318. The topological polar surface area (TPSA) is 49.9 Å². The van der Waals surface area contributed by atoms with Crippen molar-refractivity contribution in [2.24, 2.45) is 0 Å². The molecular weight excluding hydrogens is 314 g/mol. The van der Waals surface area contributed by atoms with Gasteiger partial charge in [0.1, 0.15) is 11.6 Å². The summed E-state index contributed by atoms with van der Waals surface area (Å²) in [4.78, 5) is 1.17. The van der Waals surface area contributed by atoms with Gasteiger partial charge in [-0.15, -0.1) is 0 Å². The van der Waals surface area contributed by atoms with E-state index in [1.807, 2.05) is 11.9 Å². The molecule has 0 bridgehead atoms. The monoisotopic (exact) mass is 332 g/mol. The number of hydrogen-bond donors (Lipinski definition) is 0. The standard InChI is InChI=1S/C14H18F2N2O3S/c1-17-7-8-21-13-5-6-18(9-12(13)17)22(19,20)14-10(15)3-2-4-11(14)16/h2-4,12-13H,5-9H2,1H3/t12-,13+/m1/s1. The van der Waals surface area contributed by atoms with Crippen LogP contribution in [0.25, 0.3) is 0 Å². The van der Waals surface area contributed by atoms with E-state index in [2.05, 4.69) is 0 Å². The van der Waals surface area contributed by atoms with Crippen LogP contribution in [0.3, 0.4) is 0 Å². The van der Waals surface area contributed by atoms with Gasteiger partial charge < -0.3 is 4.74 Å². The van der Waals surface area contributed by atoms with E-state index >= 15 is 0 Å². The van der Waals surface area contributed by atoms with Crippen LogP contribution in [0.2, 0.25) is 0 Å². The molecule has 1 aromatic carbocycles. The molecule has 0 unspecified atom stereocenters. The Bertz CT molecular complexity index is 648. The fourth-order valence-electron chi connectivity index (χ4n) is 3.09. The Hall–Kier alpha value is -1.09. The number of likely N-dealkylation sites (N-methyl/N-ethyl adjacent to an activating group) is 1. The van der Waals surface area contributed by atoms with Crippen molar-refractivity contribution in [1.29, 1.82) is 0 Å². The summed E-state index contributed by atoms with van der Waals surface area (Å²) in [5.74, 6) is -2.12. The highest BCUT2D eigenvalue weighted by atomic mass is 32.2. The fourth-order valence-corrected chi connectivity index (χ4v) is 4.67. The quantitative estimate of drug-likeness (QED) is 0.813. The number of nitrogens with zero attached hydrogens (tertiary/aromatic N) is 2. The maximum atomic E-state index is 13.8. The Balaban J connectivity index is 1.90. The Labute approximate surface area is 128 Å². The summed E-state index contributed by atoms with van der Waals surface area (Å²) in [6, 6.07) is 2.97. The number of morpholine rings is 1. The molecule has 0 saturated carbocycles. The molecule has 2 aliphatic heterocycles. The molecule has 0 radical (unpaired) electrons. The van der Waals surface area contributed by atoms with Crippen LogP contribution in [0.5, 0.6) is 0 Å². The lowest BCUT2D eigenvalue weighted by atomic mass is 10.0. The third kappa shape index (κ3) is 2.64. The maximum absolute atomic E-state index is 13.8. The molecule has 0 aliphatic carbocycles. The predicted octanol–water partition coefficient (Wildman–Crippen LogP) is 1.06. The third-order valence-corrected chi connectivity index (χ3v) is 6.26. The fraction of sp³-hybridized carbons (Fsp3) is 0.571. The molecule has 22 heavy (non-hydrogen) atoms. The summed E-state index contributed by atoms with van der Waals surface area (Å²) in [7, 11) is -2.29. The minimum Gasteiger partial charge on any atom is -0.375 e. The second kappa shape index (κ2) is 5.84. The van der Waals surface area contributed by atoms with Crippen LogP contribution in [-0.2, 0) is 14.8 Å². The average Bonchev–Trinajstić information content (AvgIpc) is 2.47. The molecule has 1 aromatic rings. The summed E-state index contributed by atoms with van der Waals surface area (Å²) in [5, 5.41) is 0. The van der Waals surface area contributed by atoms with E-state index in [1.165, 1.54) is 0 Å². The van der Waals surface area contributed by atoms with Crippen LogP contribution in [0.1, 0.15) is 6.42 Å². The molecule has 2 fully saturated rings. The molecule has 0 aromatic heterocycles. The van der Waals surface area contributed by atoms with Crippen molar-refractivity contribution in [3.05, 3.63) is 29.8 Å². The number of halogens is 2. The number of piperidine rings is 1. The van der Waals surface area contributed by atoms with Gasteiger partial charge >= 0.3 is 0 Å². The third-order valence-electron chi connectivity index (χ3n) is 4.34. The van der Waals surface area contributed by atoms with E-state index in [0.717, 1.165) is 22.5 Å². The summed E-state index contributed by atoms with van der Waals surface area (Å²) < 4.78 is 59.7. The van der Waals surface area contributed by atoms with Gasteiger partial charge in [-0.2, -0.15) is 4.31 Å². The summed E-state index contributed by atoms with van der Waals surface area (Å²) in [6.45, 7) is 1.71. The van der Waals surface area contributed by atoms with Gasteiger partial charge in [0.05, 0.1) is 12.7 Å². The molecule has 122 valence electrons. The second-order valence-corrected chi connectivity index (χ2v) is 7.53. The Morgan fingerprint density at radius 1 is 1.23 bits per heavy atom. The van der Waals surface area contributed by atoms with E-state index in [4.69, 9.17) is 4.74 Å². The zero-order valence-electron chi connectivity index (χ0n) is 12.2. The zero-order chi connectivity index (χ0) is 15.9. The van der Waals surface area contributed by atoms with Gasteiger partial charge in [-0.05, 0) is 25.6 Å². The number of ether oxygens (including phenoxy) is 1. The molecule has 0 amide bonds. The molecule has 2 saturated heterocycles. The van der Waals surface area contributed by atoms with Gasteiger partial charge in [-0.25, -0.2) is 17.2 Å². The van der Waals surface area contributed by atoms with E-state index < -0.39 is 26.6 Å². The van der Waals surface area contributed by atoms with Crippen LogP contribution in [0, 0.1) is 11.6 Å². The summed E-state index contributed by atoms with van der Waals surface area (Å²) >= 11 is 0. The van der Waals surface area contributed by atoms with Crippen LogP contribution in [0.4, 0.5) is 8.78 Å². The van der Waals surface area contributed by atoms with Crippen molar-refractivity contribution < 1.29 is 21.9 Å². The highest BCUT2D eigenvalue weighted by Crippen LogP contribution is 2.28. The number of sulfonamides is 1. The van der Waals surface area contributed by atoms with E-state index in [9.17, 15) is 17.2 Å². The molecule has 2 heterocycles. The Kier molecular flexibility index (Phi) is 4.19. The van der Waals surface area contributed by atoms with E-state index in [1.54, 1.807) is 0 Å². The second-order valence-electron chi connectivity index (χ2n) is 5.66. The first-order chi connectivity index (χ1) is 10.4. The van der Waals surface area contributed by atoms with Crippen molar-refractivity contribution in [3.63, 3.8) is 0 Å². The maximum Gasteiger partial charge on any atom is 0.248 e. The SMILES string of the molecule is CN1CCO[C@H]2CCN(S(=O)(=O)c3c(F)cccc3F)C[C@H]21. The lowest BCUT2D eigenvalue weighted by Crippen LogP contribution is -2.59. The highest BCUT2D eigenvalue weighted by Gasteiger charge is 2.41. The average molecular weight is 332 g/mol. The molecule has 0 spiro atoms. The van der Waals surface area contributed by atoms with Gasteiger partial charge in [-0.3, -0.25) is 4.90 Å². The lowest BCUT2D eigenvalue weighted by Gasteiger charge is -2.45. The number of rotatable bonds is 2. The molecule has 3 rings (SSSR count). The van der Waals surface area contributed by atoms with E-state index in [0.29, 0.717) is 19.6 Å². The summed E-state index contributed by atoms with van der Waals surface area (Å²) in [5.41, 5.74) is 0. The predicted molar refractivity (Wildman–Crippen MR) is 75.9 cm³/mol. The molecular formula is C14H18F2N2O3S. The van der Waals surface area contributed by atoms with E-state index in [-0.39, 0.29) is 25.2 Å². The van der Waals surface area contributed by atoms with Crippen molar-refractivity contribution in [2.45, 2.75) is 23.5 Å². The van der Waals surface area contributed by atoms with Crippen LogP contribution < -0.4 is 0 Å². The van der Waals surface area contributed by atoms with Crippen molar-refractivity contribution in [2.75, 3.05) is 33.3 Å². The number of fused-ring (bicyclic) bond motifs is 1. The van der Waals surface area contributed by atoms with Crippen molar-refractivity contribution >= 4 is 10.0 Å². The van der Waals surface area contributed by atoms with Crippen LogP contribution in [-0.4, -0.2) is 63.1 Å². The smallest absolute Gasteiger partial charge is 0.248 e. The largest absolute Gasteiger partial charge is 0.375 e. The van der Waals surface area contributed by atoms with Crippen molar-refractivity contribution in [1.82, 2.24) is 9.21 Å². The first-order valence-corrected chi connectivity index (χ1v) is 8.61. The van der Waals surface area contributed by atoms with Gasteiger partial charge in [0, 0.05) is 25.7 Å². The van der Waals surface area contributed by atoms with Gasteiger partial charge in [-0.1, -0.05) is 6.07 Å². The minimum atomic E-state index is -4.20.